The monoisotopic (exact) mass is 449 g/mol. The van der Waals surface area contributed by atoms with Crippen LogP contribution in [0.3, 0.4) is 0 Å². The Balaban J connectivity index is 1.60. The number of rotatable bonds is 10. The summed E-state index contributed by atoms with van der Waals surface area (Å²) in [5, 5.41) is 6.92. The van der Waals surface area contributed by atoms with Crippen LogP contribution in [-0.4, -0.2) is 35.8 Å². The SMILES string of the molecule is CCCc1cc(=O)[nH]c(N/N=C/c2ccc(OCC(=O)Nc3cccc(C)c3)c(OC)c2)n1. The lowest BCUT2D eigenvalue weighted by atomic mass is 10.2. The molecule has 0 fully saturated rings. The Kier molecular flexibility index (Phi) is 8.18. The number of hydrazone groups is 1. The number of aromatic amines is 1. The Morgan fingerprint density at radius 3 is 2.79 bits per heavy atom. The van der Waals surface area contributed by atoms with Crippen molar-refractivity contribution in [3.63, 3.8) is 0 Å². The zero-order valence-electron chi connectivity index (χ0n) is 18.8. The molecule has 0 unspecified atom stereocenters. The van der Waals surface area contributed by atoms with Crippen molar-refractivity contribution in [1.82, 2.24) is 9.97 Å². The second-order valence-corrected chi connectivity index (χ2v) is 7.32. The average Bonchev–Trinajstić information content (AvgIpc) is 2.78. The van der Waals surface area contributed by atoms with Gasteiger partial charge in [0.25, 0.3) is 11.5 Å². The van der Waals surface area contributed by atoms with Crippen molar-refractivity contribution >= 4 is 23.8 Å². The number of aromatic nitrogens is 2. The number of anilines is 2. The Morgan fingerprint density at radius 1 is 1.18 bits per heavy atom. The van der Waals surface area contributed by atoms with E-state index in [0.717, 1.165) is 17.5 Å². The summed E-state index contributed by atoms with van der Waals surface area (Å²) in [5.41, 5.74) is 5.69. The highest BCUT2D eigenvalue weighted by Gasteiger charge is 2.09. The van der Waals surface area contributed by atoms with E-state index in [2.05, 4.69) is 25.8 Å². The zero-order valence-corrected chi connectivity index (χ0v) is 18.8. The van der Waals surface area contributed by atoms with E-state index >= 15 is 0 Å². The lowest BCUT2D eigenvalue weighted by molar-refractivity contribution is -0.118. The fourth-order valence-electron chi connectivity index (χ4n) is 3.06. The first kappa shape index (κ1) is 23.5. The second-order valence-electron chi connectivity index (χ2n) is 7.32. The molecule has 1 aromatic heterocycles. The maximum Gasteiger partial charge on any atom is 0.262 e. The van der Waals surface area contributed by atoms with Crippen LogP contribution in [0.5, 0.6) is 11.5 Å². The first-order valence-corrected chi connectivity index (χ1v) is 10.5. The molecule has 1 heterocycles. The van der Waals surface area contributed by atoms with Crippen molar-refractivity contribution in [1.29, 1.82) is 0 Å². The molecule has 0 aliphatic heterocycles. The molecule has 0 spiro atoms. The number of H-pyrrole nitrogens is 1. The minimum Gasteiger partial charge on any atom is -0.493 e. The molecule has 0 bridgehead atoms. The molecule has 9 heteroatoms. The van der Waals surface area contributed by atoms with Gasteiger partial charge in [0.05, 0.1) is 13.3 Å². The Hall–Kier alpha value is -4.14. The quantitative estimate of drug-likeness (QED) is 0.322. The number of amides is 1. The summed E-state index contributed by atoms with van der Waals surface area (Å²) in [6, 6.07) is 14.2. The Bertz CT molecular complexity index is 1190. The van der Waals surface area contributed by atoms with Crippen LogP contribution in [0.15, 0.2) is 58.4 Å². The number of hydrogen-bond donors (Lipinski definition) is 3. The van der Waals surface area contributed by atoms with Gasteiger partial charge in [0.2, 0.25) is 5.95 Å². The molecule has 2 aromatic carbocycles. The molecule has 0 aliphatic carbocycles. The van der Waals surface area contributed by atoms with Gasteiger partial charge in [-0.1, -0.05) is 25.5 Å². The van der Waals surface area contributed by atoms with Gasteiger partial charge in [-0.05, 0) is 54.8 Å². The topological polar surface area (TPSA) is 118 Å². The molecule has 1 amide bonds. The Morgan fingerprint density at radius 2 is 2.03 bits per heavy atom. The molecule has 9 nitrogen and oxygen atoms in total. The second kappa shape index (κ2) is 11.5. The standard InChI is InChI=1S/C24H27N5O4/c1-4-6-18-13-22(30)28-24(27-18)29-25-14-17-9-10-20(21(12-17)32-3)33-15-23(31)26-19-8-5-7-16(2)11-19/h5,7-14H,4,6,15H2,1-3H3,(H,26,31)(H2,27,28,29,30)/b25-14+. The number of aryl methyl sites for hydroxylation is 2. The van der Waals surface area contributed by atoms with Crippen LogP contribution in [0, 0.1) is 6.92 Å². The molecule has 172 valence electrons. The molecule has 0 atom stereocenters. The molecule has 0 aliphatic rings. The number of methoxy groups -OCH3 is 1. The van der Waals surface area contributed by atoms with E-state index in [1.807, 2.05) is 38.1 Å². The molecule has 3 aromatic rings. The van der Waals surface area contributed by atoms with Gasteiger partial charge in [-0.25, -0.2) is 10.4 Å². The highest BCUT2D eigenvalue weighted by Crippen LogP contribution is 2.27. The van der Waals surface area contributed by atoms with Crippen molar-refractivity contribution in [3.05, 3.63) is 75.7 Å². The number of nitrogens with one attached hydrogen (secondary N) is 3. The molecule has 0 saturated heterocycles. The van der Waals surface area contributed by atoms with Gasteiger partial charge < -0.3 is 14.8 Å². The van der Waals surface area contributed by atoms with Gasteiger partial charge in [0.15, 0.2) is 18.1 Å². The van der Waals surface area contributed by atoms with Crippen LogP contribution < -0.4 is 25.8 Å². The molecule has 3 rings (SSSR count). The van der Waals surface area contributed by atoms with Crippen LogP contribution in [-0.2, 0) is 11.2 Å². The predicted octanol–water partition coefficient (Wildman–Crippen LogP) is 3.50. The normalized spacial score (nSPS) is 10.8. The molecule has 0 saturated carbocycles. The summed E-state index contributed by atoms with van der Waals surface area (Å²) in [5.74, 6) is 0.886. The predicted molar refractivity (Wildman–Crippen MR) is 128 cm³/mol. The van der Waals surface area contributed by atoms with E-state index in [4.69, 9.17) is 9.47 Å². The zero-order chi connectivity index (χ0) is 23.6. The molecular formula is C24H27N5O4. The largest absolute Gasteiger partial charge is 0.493 e. The van der Waals surface area contributed by atoms with E-state index < -0.39 is 0 Å². The summed E-state index contributed by atoms with van der Waals surface area (Å²) < 4.78 is 11.0. The lowest BCUT2D eigenvalue weighted by Gasteiger charge is -2.11. The van der Waals surface area contributed by atoms with Crippen LogP contribution >= 0.6 is 0 Å². The van der Waals surface area contributed by atoms with Gasteiger partial charge in [-0.3, -0.25) is 14.6 Å². The van der Waals surface area contributed by atoms with Crippen LogP contribution in [0.25, 0.3) is 0 Å². The summed E-state index contributed by atoms with van der Waals surface area (Å²) in [6.45, 7) is 3.81. The molecule has 0 radical (unpaired) electrons. The first-order valence-electron chi connectivity index (χ1n) is 10.5. The maximum atomic E-state index is 12.2. The molecule has 3 N–H and O–H groups in total. The van der Waals surface area contributed by atoms with Crippen molar-refractivity contribution < 1.29 is 14.3 Å². The third-order valence-corrected chi connectivity index (χ3v) is 4.53. The lowest BCUT2D eigenvalue weighted by Crippen LogP contribution is -2.20. The van der Waals surface area contributed by atoms with Crippen LogP contribution in [0.4, 0.5) is 11.6 Å². The van der Waals surface area contributed by atoms with E-state index in [1.165, 1.54) is 13.2 Å². The third kappa shape index (κ3) is 7.20. The summed E-state index contributed by atoms with van der Waals surface area (Å²) in [6.07, 6.45) is 3.16. The third-order valence-electron chi connectivity index (χ3n) is 4.53. The van der Waals surface area contributed by atoms with Gasteiger partial charge in [0, 0.05) is 17.4 Å². The summed E-state index contributed by atoms with van der Waals surface area (Å²) >= 11 is 0. The summed E-state index contributed by atoms with van der Waals surface area (Å²) in [4.78, 5) is 30.8. The maximum absolute atomic E-state index is 12.2. The van der Waals surface area contributed by atoms with E-state index in [9.17, 15) is 9.59 Å². The van der Waals surface area contributed by atoms with E-state index in [1.54, 1.807) is 24.4 Å². The molecule has 33 heavy (non-hydrogen) atoms. The van der Waals surface area contributed by atoms with Gasteiger partial charge >= 0.3 is 0 Å². The number of benzene rings is 2. The number of hydrogen-bond acceptors (Lipinski definition) is 7. The smallest absolute Gasteiger partial charge is 0.262 e. The van der Waals surface area contributed by atoms with Crippen molar-refractivity contribution in [2.45, 2.75) is 26.7 Å². The fraction of sp³-hybridized carbons (Fsp3) is 0.250. The highest BCUT2D eigenvalue weighted by atomic mass is 16.5. The van der Waals surface area contributed by atoms with Crippen molar-refractivity contribution in [2.75, 3.05) is 24.5 Å². The first-order chi connectivity index (χ1) is 16.0. The minimum atomic E-state index is -0.274. The average molecular weight is 450 g/mol. The van der Waals surface area contributed by atoms with Gasteiger partial charge in [-0.2, -0.15) is 5.10 Å². The summed E-state index contributed by atoms with van der Waals surface area (Å²) in [7, 11) is 1.52. The number of carbonyl (C=O) groups is 1. The number of ether oxygens (including phenoxy) is 2. The minimum absolute atomic E-state index is 0.160. The molecular weight excluding hydrogens is 422 g/mol. The van der Waals surface area contributed by atoms with Gasteiger partial charge in [0.1, 0.15) is 0 Å². The number of nitrogens with zero attached hydrogens (tertiary/aromatic N) is 2. The Labute approximate surface area is 191 Å². The van der Waals surface area contributed by atoms with E-state index in [-0.39, 0.29) is 24.0 Å². The van der Waals surface area contributed by atoms with Crippen LogP contribution in [0.1, 0.15) is 30.2 Å². The van der Waals surface area contributed by atoms with Crippen molar-refractivity contribution in [2.24, 2.45) is 5.10 Å². The number of carbonyl (C=O) groups excluding carboxylic acids is 1. The highest BCUT2D eigenvalue weighted by molar-refractivity contribution is 5.92. The van der Waals surface area contributed by atoms with E-state index in [0.29, 0.717) is 29.3 Å². The fourth-order valence-corrected chi connectivity index (χ4v) is 3.06. The van der Waals surface area contributed by atoms with Crippen molar-refractivity contribution in [3.8, 4) is 11.5 Å². The van der Waals surface area contributed by atoms with Crippen LogP contribution in [0.2, 0.25) is 0 Å². The van der Waals surface area contributed by atoms with Gasteiger partial charge in [-0.15, -0.1) is 0 Å².